The van der Waals surface area contributed by atoms with E-state index in [0.717, 1.165) is 29.5 Å². The zero-order valence-electron chi connectivity index (χ0n) is 10.2. The van der Waals surface area contributed by atoms with Crippen molar-refractivity contribution in [3.8, 4) is 0 Å². The fourth-order valence-electron chi connectivity index (χ4n) is 1.92. The Labute approximate surface area is 116 Å². The van der Waals surface area contributed by atoms with Gasteiger partial charge in [-0.3, -0.25) is 4.79 Å². The Bertz CT molecular complexity index is 457. The Balaban J connectivity index is 1.82. The normalized spacial score (nSPS) is 15.1. The van der Waals surface area contributed by atoms with Crippen LogP contribution in [-0.2, 0) is 11.2 Å². The largest absolute Gasteiger partial charge is 0.352 e. The molecular weight excluding hydrogens is 292 g/mol. The van der Waals surface area contributed by atoms with Crippen molar-refractivity contribution in [1.29, 1.82) is 0 Å². The number of hydrogen-bond acceptors (Lipinski definition) is 2. The number of carbonyl (C=O) groups excluding carboxylic acids is 1. The molecule has 1 heterocycles. The summed E-state index contributed by atoms with van der Waals surface area (Å²) in [5.41, 5.74) is 2.34. The van der Waals surface area contributed by atoms with Crippen LogP contribution in [0.2, 0.25) is 0 Å². The van der Waals surface area contributed by atoms with Crippen molar-refractivity contribution in [3.05, 3.63) is 46.0 Å². The Morgan fingerprint density at radius 3 is 2.94 bits per heavy atom. The summed E-state index contributed by atoms with van der Waals surface area (Å²) < 4.78 is 0.987. The van der Waals surface area contributed by atoms with Gasteiger partial charge in [0, 0.05) is 17.6 Å². The first-order valence-electron chi connectivity index (χ1n) is 6.14. The van der Waals surface area contributed by atoms with Crippen molar-refractivity contribution in [2.45, 2.75) is 12.8 Å². The maximum atomic E-state index is 11.8. The molecule has 2 rings (SSSR count). The standard InChI is InChI=1S/C14H17BrN2O/c15-13-4-2-1-3-12(13)9-14(18)17-10-11-5-7-16-8-6-11/h1-5,16H,6-10H2,(H,17,18). The number of hydrogen-bond donors (Lipinski definition) is 2. The van der Waals surface area contributed by atoms with E-state index in [1.807, 2.05) is 24.3 Å². The van der Waals surface area contributed by atoms with Gasteiger partial charge in [0.25, 0.3) is 0 Å². The summed E-state index contributed by atoms with van der Waals surface area (Å²) in [4.78, 5) is 11.8. The Morgan fingerprint density at radius 2 is 2.22 bits per heavy atom. The van der Waals surface area contributed by atoms with Crippen LogP contribution < -0.4 is 10.6 Å². The third-order valence-corrected chi connectivity index (χ3v) is 3.75. The van der Waals surface area contributed by atoms with E-state index >= 15 is 0 Å². The smallest absolute Gasteiger partial charge is 0.224 e. The van der Waals surface area contributed by atoms with Crippen LogP contribution in [0.15, 0.2) is 40.4 Å². The molecule has 96 valence electrons. The molecule has 1 aliphatic heterocycles. The number of rotatable bonds is 4. The molecule has 1 aromatic carbocycles. The van der Waals surface area contributed by atoms with E-state index in [-0.39, 0.29) is 5.91 Å². The summed E-state index contributed by atoms with van der Waals surface area (Å²) in [6, 6.07) is 7.82. The molecule has 3 nitrogen and oxygen atoms in total. The predicted molar refractivity (Wildman–Crippen MR) is 76.4 cm³/mol. The van der Waals surface area contributed by atoms with Crippen molar-refractivity contribution >= 4 is 21.8 Å². The van der Waals surface area contributed by atoms with Gasteiger partial charge in [-0.15, -0.1) is 0 Å². The summed E-state index contributed by atoms with van der Waals surface area (Å²) in [6.07, 6.45) is 3.60. The summed E-state index contributed by atoms with van der Waals surface area (Å²) in [5, 5.41) is 6.23. The molecule has 0 unspecified atom stereocenters. The molecule has 1 aliphatic rings. The molecule has 0 spiro atoms. The number of benzene rings is 1. The quantitative estimate of drug-likeness (QED) is 0.836. The summed E-state index contributed by atoms with van der Waals surface area (Å²) in [7, 11) is 0. The van der Waals surface area contributed by atoms with Crippen molar-refractivity contribution in [3.63, 3.8) is 0 Å². The highest BCUT2D eigenvalue weighted by atomic mass is 79.9. The van der Waals surface area contributed by atoms with Crippen LogP contribution in [0.4, 0.5) is 0 Å². The molecule has 0 fully saturated rings. The number of nitrogens with one attached hydrogen (secondary N) is 2. The maximum absolute atomic E-state index is 11.8. The Kier molecular flexibility index (Phi) is 4.96. The lowest BCUT2D eigenvalue weighted by atomic mass is 10.1. The SMILES string of the molecule is O=C(Cc1ccccc1Br)NCC1=CCNCC1. The van der Waals surface area contributed by atoms with E-state index in [0.29, 0.717) is 13.0 Å². The van der Waals surface area contributed by atoms with E-state index in [1.165, 1.54) is 5.57 Å². The lowest BCUT2D eigenvalue weighted by Crippen LogP contribution is -2.30. The maximum Gasteiger partial charge on any atom is 0.224 e. The van der Waals surface area contributed by atoms with E-state index in [9.17, 15) is 4.79 Å². The van der Waals surface area contributed by atoms with E-state index in [1.54, 1.807) is 0 Å². The highest BCUT2D eigenvalue weighted by Gasteiger charge is 2.08. The molecule has 0 saturated heterocycles. The van der Waals surface area contributed by atoms with Crippen molar-refractivity contribution in [2.75, 3.05) is 19.6 Å². The molecule has 2 N–H and O–H groups in total. The van der Waals surface area contributed by atoms with E-state index < -0.39 is 0 Å². The lowest BCUT2D eigenvalue weighted by molar-refractivity contribution is -0.120. The lowest BCUT2D eigenvalue weighted by Gasteiger charge is -2.14. The second kappa shape index (κ2) is 6.71. The first-order valence-corrected chi connectivity index (χ1v) is 6.94. The molecule has 4 heteroatoms. The van der Waals surface area contributed by atoms with Gasteiger partial charge in [-0.1, -0.05) is 45.8 Å². The first kappa shape index (κ1) is 13.3. The van der Waals surface area contributed by atoms with Crippen LogP contribution >= 0.6 is 15.9 Å². The van der Waals surface area contributed by atoms with Gasteiger partial charge in [-0.05, 0) is 24.6 Å². The van der Waals surface area contributed by atoms with Crippen LogP contribution in [0.3, 0.4) is 0 Å². The first-order chi connectivity index (χ1) is 8.75. The van der Waals surface area contributed by atoms with Crippen LogP contribution in [0.25, 0.3) is 0 Å². The van der Waals surface area contributed by atoms with Gasteiger partial charge >= 0.3 is 0 Å². The highest BCUT2D eigenvalue weighted by molar-refractivity contribution is 9.10. The average molecular weight is 309 g/mol. The fraction of sp³-hybridized carbons (Fsp3) is 0.357. The van der Waals surface area contributed by atoms with Gasteiger partial charge in [-0.2, -0.15) is 0 Å². The third-order valence-electron chi connectivity index (χ3n) is 2.98. The third kappa shape index (κ3) is 3.96. The second-order valence-corrected chi connectivity index (χ2v) is 5.22. The van der Waals surface area contributed by atoms with Gasteiger partial charge in [0.1, 0.15) is 0 Å². The van der Waals surface area contributed by atoms with Crippen LogP contribution in [-0.4, -0.2) is 25.5 Å². The van der Waals surface area contributed by atoms with Gasteiger partial charge in [-0.25, -0.2) is 0 Å². The van der Waals surface area contributed by atoms with Crippen LogP contribution in [0.1, 0.15) is 12.0 Å². The summed E-state index contributed by atoms with van der Waals surface area (Å²) in [5.74, 6) is 0.0707. The Hall–Kier alpha value is -1.13. The van der Waals surface area contributed by atoms with Crippen molar-refractivity contribution in [1.82, 2.24) is 10.6 Å². The Morgan fingerprint density at radius 1 is 1.39 bits per heavy atom. The molecule has 0 bridgehead atoms. The van der Waals surface area contributed by atoms with Crippen LogP contribution in [0.5, 0.6) is 0 Å². The molecule has 0 radical (unpaired) electrons. The zero-order valence-corrected chi connectivity index (χ0v) is 11.8. The van der Waals surface area contributed by atoms with Gasteiger partial charge in [0.2, 0.25) is 5.91 Å². The van der Waals surface area contributed by atoms with Gasteiger partial charge in [0.15, 0.2) is 0 Å². The van der Waals surface area contributed by atoms with Crippen molar-refractivity contribution < 1.29 is 4.79 Å². The predicted octanol–water partition coefficient (Wildman–Crippen LogP) is 2.03. The molecule has 18 heavy (non-hydrogen) atoms. The fourth-order valence-corrected chi connectivity index (χ4v) is 2.34. The molecule has 0 aliphatic carbocycles. The minimum atomic E-state index is 0.0707. The summed E-state index contributed by atoms with van der Waals surface area (Å²) >= 11 is 3.45. The van der Waals surface area contributed by atoms with E-state index in [2.05, 4.69) is 32.6 Å². The molecule has 1 amide bonds. The molecule has 0 aromatic heterocycles. The molecular formula is C14H17BrN2O. The number of halogens is 1. The number of amides is 1. The topological polar surface area (TPSA) is 41.1 Å². The van der Waals surface area contributed by atoms with Crippen LogP contribution in [0, 0.1) is 0 Å². The second-order valence-electron chi connectivity index (χ2n) is 4.36. The van der Waals surface area contributed by atoms with Crippen molar-refractivity contribution in [2.24, 2.45) is 0 Å². The zero-order chi connectivity index (χ0) is 12.8. The van der Waals surface area contributed by atoms with E-state index in [4.69, 9.17) is 0 Å². The summed E-state index contributed by atoms with van der Waals surface area (Å²) in [6.45, 7) is 2.59. The minimum Gasteiger partial charge on any atom is -0.352 e. The molecule has 1 aromatic rings. The monoisotopic (exact) mass is 308 g/mol. The van der Waals surface area contributed by atoms with Gasteiger partial charge in [0.05, 0.1) is 6.42 Å². The highest BCUT2D eigenvalue weighted by Crippen LogP contribution is 2.16. The molecule has 0 atom stereocenters. The van der Waals surface area contributed by atoms with Gasteiger partial charge < -0.3 is 10.6 Å². The minimum absolute atomic E-state index is 0.0707. The average Bonchev–Trinajstić information content (AvgIpc) is 2.40. The number of carbonyl (C=O) groups is 1. The molecule has 0 saturated carbocycles.